The smallest absolute Gasteiger partial charge is 0.316 e. The Morgan fingerprint density at radius 2 is 2.00 bits per heavy atom. The van der Waals surface area contributed by atoms with Crippen LogP contribution in [0.5, 0.6) is 0 Å². The molecule has 2 aromatic carbocycles. The van der Waals surface area contributed by atoms with Gasteiger partial charge in [0, 0.05) is 23.5 Å². The maximum Gasteiger partial charge on any atom is 0.316 e. The highest BCUT2D eigenvalue weighted by Gasteiger charge is 2.23. The zero-order valence-electron chi connectivity index (χ0n) is 14.9. The molecule has 0 atom stereocenters. The molecule has 1 amide bonds. The van der Waals surface area contributed by atoms with E-state index in [9.17, 15) is 14.4 Å². The second-order valence-corrected chi connectivity index (χ2v) is 7.50. The number of aromatic amines is 1. The lowest BCUT2D eigenvalue weighted by molar-refractivity contribution is 0.0987. The average Bonchev–Trinajstić information content (AvgIpc) is 2.90. The van der Waals surface area contributed by atoms with Crippen molar-refractivity contribution in [3.05, 3.63) is 68.7 Å². The highest BCUT2D eigenvalue weighted by molar-refractivity contribution is 7.99. The molecule has 1 N–H and O–H groups in total. The lowest BCUT2D eigenvalue weighted by atomic mass is 10.1. The molecule has 0 saturated carbocycles. The van der Waals surface area contributed by atoms with Crippen LogP contribution in [-0.4, -0.2) is 27.8 Å². The van der Waals surface area contributed by atoms with Gasteiger partial charge in [-0.3, -0.25) is 14.4 Å². The van der Waals surface area contributed by atoms with Crippen LogP contribution in [0.1, 0.15) is 23.7 Å². The third-order valence-corrected chi connectivity index (χ3v) is 5.87. The summed E-state index contributed by atoms with van der Waals surface area (Å²) in [5.74, 6) is 0.858. The van der Waals surface area contributed by atoms with E-state index in [1.165, 1.54) is 4.57 Å². The van der Waals surface area contributed by atoms with Crippen molar-refractivity contribution in [3.63, 3.8) is 0 Å². The van der Waals surface area contributed by atoms with Crippen LogP contribution in [0, 0.1) is 0 Å². The minimum Gasteiger partial charge on any atom is -0.316 e. The van der Waals surface area contributed by atoms with Crippen molar-refractivity contribution in [2.75, 3.05) is 17.2 Å². The fourth-order valence-electron chi connectivity index (χ4n) is 3.42. The lowest BCUT2D eigenvalue weighted by Crippen LogP contribution is -2.36. The predicted molar refractivity (Wildman–Crippen MR) is 108 cm³/mol. The lowest BCUT2D eigenvalue weighted by Gasteiger charge is -2.22. The number of H-pyrrole nitrogens is 1. The topological polar surface area (TPSA) is 75.2 Å². The number of rotatable bonds is 2. The van der Waals surface area contributed by atoms with E-state index in [4.69, 9.17) is 0 Å². The zero-order chi connectivity index (χ0) is 19.0. The highest BCUT2D eigenvalue weighted by atomic mass is 32.2. The summed E-state index contributed by atoms with van der Waals surface area (Å²) in [6, 6.07) is 13.0. The SMILES string of the molecule is CCn1c(=O)c(=O)[nH]c2cc(C(=O)N3CCCSc4ccccc43)ccc21. The second kappa shape index (κ2) is 7.08. The van der Waals surface area contributed by atoms with Crippen molar-refractivity contribution in [2.24, 2.45) is 0 Å². The van der Waals surface area contributed by atoms with Gasteiger partial charge in [-0.15, -0.1) is 11.8 Å². The number of carbonyl (C=O) groups excluding carboxylic acids is 1. The standard InChI is InChI=1S/C20H19N3O3S/c1-2-22-15-9-8-13(12-14(15)21-18(24)20(22)26)19(25)23-10-5-11-27-17-7-4-3-6-16(17)23/h3-4,6-9,12H,2,5,10-11H2,1H3,(H,21,24). The number of aryl methyl sites for hydroxylation is 1. The van der Waals surface area contributed by atoms with Gasteiger partial charge < -0.3 is 14.5 Å². The predicted octanol–water partition coefficient (Wildman–Crippen LogP) is 2.85. The number of thioether (sulfide) groups is 1. The highest BCUT2D eigenvalue weighted by Crippen LogP contribution is 2.34. The van der Waals surface area contributed by atoms with Crippen molar-refractivity contribution in [1.82, 2.24) is 9.55 Å². The van der Waals surface area contributed by atoms with Crippen LogP contribution in [0.3, 0.4) is 0 Å². The number of fused-ring (bicyclic) bond motifs is 2. The van der Waals surface area contributed by atoms with E-state index in [1.54, 1.807) is 34.9 Å². The van der Waals surface area contributed by atoms with Crippen molar-refractivity contribution >= 4 is 34.4 Å². The van der Waals surface area contributed by atoms with Crippen LogP contribution in [0.15, 0.2) is 56.9 Å². The van der Waals surface area contributed by atoms with E-state index in [0.29, 0.717) is 29.7 Å². The van der Waals surface area contributed by atoms with E-state index < -0.39 is 11.1 Å². The number of nitrogens with one attached hydrogen (secondary N) is 1. The Morgan fingerprint density at radius 3 is 2.81 bits per heavy atom. The van der Waals surface area contributed by atoms with E-state index in [-0.39, 0.29) is 5.91 Å². The van der Waals surface area contributed by atoms with Gasteiger partial charge in [-0.1, -0.05) is 12.1 Å². The quantitative estimate of drug-likeness (QED) is 0.693. The number of para-hydroxylation sites is 1. The summed E-state index contributed by atoms with van der Waals surface area (Å²) in [6.07, 6.45) is 0.908. The summed E-state index contributed by atoms with van der Waals surface area (Å²) >= 11 is 1.76. The van der Waals surface area contributed by atoms with Crippen molar-refractivity contribution in [1.29, 1.82) is 0 Å². The van der Waals surface area contributed by atoms with Crippen molar-refractivity contribution < 1.29 is 4.79 Å². The van der Waals surface area contributed by atoms with Gasteiger partial charge >= 0.3 is 11.1 Å². The molecule has 138 valence electrons. The number of hydrogen-bond donors (Lipinski definition) is 1. The molecule has 6 nitrogen and oxygen atoms in total. The first-order valence-corrected chi connectivity index (χ1v) is 9.89. The van der Waals surface area contributed by atoms with Gasteiger partial charge in [0.15, 0.2) is 0 Å². The van der Waals surface area contributed by atoms with Crippen molar-refractivity contribution in [3.8, 4) is 0 Å². The molecule has 4 rings (SSSR count). The van der Waals surface area contributed by atoms with Gasteiger partial charge in [0.2, 0.25) is 0 Å². The molecule has 0 spiro atoms. The Hall–Kier alpha value is -2.80. The number of amides is 1. The molecular formula is C20H19N3O3S. The van der Waals surface area contributed by atoms with Crippen LogP contribution in [0.25, 0.3) is 11.0 Å². The molecule has 0 bridgehead atoms. The monoisotopic (exact) mass is 381 g/mol. The first kappa shape index (κ1) is 17.6. The Morgan fingerprint density at radius 1 is 1.19 bits per heavy atom. The van der Waals surface area contributed by atoms with Crippen LogP contribution < -0.4 is 16.0 Å². The molecule has 1 aliphatic rings. The number of nitrogens with zero attached hydrogens (tertiary/aromatic N) is 2. The molecule has 0 aliphatic carbocycles. The molecule has 0 radical (unpaired) electrons. The molecular weight excluding hydrogens is 362 g/mol. The van der Waals surface area contributed by atoms with Gasteiger partial charge in [-0.25, -0.2) is 0 Å². The zero-order valence-corrected chi connectivity index (χ0v) is 15.7. The Bertz CT molecular complexity index is 1150. The molecule has 0 fully saturated rings. The maximum atomic E-state index is 13.2. The third-order valence-electron chi connectivity index (χ3n) is 4.72. The molecule has 0 unspecified atom stereocenters. The number of benzene rings is 2. The number of hydrogen-bond acceptors (Lipinski definition) is 4. The maximum absolute atomic E-state index is 13.2. The Balaban J connectivity index is 1.81. The van der Waals surface area contributed by atoms with Crippen LogP contribution in [0.2, 0.25) is 0 Å². The first-order chi connectivity index (χ1) is 13.1. The number of aromatic nitrogens is 2. The molecule has 1 aliphatic heterocycles. The van der Waals surface area contributed by atoms with E-state index in [1.807, 2.05) is 31.2 Å². The summed E-state index contributed by atoms with van der Waals surface area (Å²) in [4.78, 5) is 42.6. The summed E-state index contributed by atoms with van der Waals surface area (Å²) in [7, 11) is 0. The van der Waals surface area contributed by atoms with Gasteiger partial charge in [-0.05, 0) is 49.4 Å². The molecule has 2 heterocycles. The van der Waals surface area contributed by atoms with Gasteiger partial charge in [-0.2, -0.15) is 0 Å². The number of carbonyl (C=O) groups is 1. The molecule has 27 heavy (non-hydrogen) atoms. The summed E-state index contributed by atoms with van der Waals surface area (Å²) in [5, 5.41) is 0. The average molecular weight is 381 g/mol. The molecule has 1 aromatic heterocycles. The van der Waals surface area contributed by atoms with Crippen LogP contribution >= 0.6 is 11.8 Å². The summed E-state index contributed by atoms with van der Waals surface area (Å²) in [6.45, 7) is 2.85. The third kappa shape index (κ3) is 3.08. The fraction of sp³-hybridized carbons (Fsp3) is 0.250. The summed E-state index contributed by atoms with van der Waals surface area (Å²) in [5.41, 5.74) is 1.25. The second-order valence-electron chi connectivity index (χ2n) is 6.36. The van der Waals surface area contributed by atoms with Crippen molar-refractivity contribution in [2.45, 2.75) is 24.8 Å². The number of anilines is 1. The Kier molecular flexibility index (Phi) is 4.61. The fourth-order valence-corrected chi connectivity index (χ4v) is 4.41. The van der Waals surface area contributed by atoms with Gasteiger partial charge in [0.1, 0.15) is 0 Å². The summed E-state index contributed by atoms with van der Waals surface area (Å²) < 4.78 is 1.42. The van der Waals surface area contributed by atoms with Gasteiger partial charge in [0.25, 0.3) is 5.91 Å². The molecule has 7 heteroatoms. The molecule has 0 saturated heterocycles. The van der Waals surface area contributed by atoms with E-state index >= 15 is 0 Å². The van der Waals surface area contributed by atoms with E-state index in [0.717, 1.165) is 22.8 Å². The minimum atomic E-state index is -0.675. The normalized spacial score (nSPS) is 14.0. The van der Waals surface area contributed by atoms with E-state index in [2.05, 4.69) is 4.98 Å². The molecule has 3 aromatic rings. The largest absolute Gasteiger partial charge is 0.316 e. The minimum absolute atomic E-state index is 0.109. The van der Waals surface area contributed by atoms with Gasteiger partial charge in [0.05, 0.1) is 16.7 Å². The van der Waals surface area contributed by atoms with Crippen LogP contribution in [-0.2, 0) is 6.54 Å². The van der Waals surface area contributed by atoms with Crippen LogP contribution in [0.4, 0.5) is 5.69 Å². The Labute approximate surface area is 159 Å². The first-order valence-electron chi connectivity index (χ1n) is 8.90.